The highest BCUT2D eigenvalue weighted by Gasteiger charge is 2.17. The maximum atomic E-state index is 12.4. The quantitative estimate of drug-likeness (QED) is 0.812. The fourth-order valence-corrected chi connectivity index (χ4v) is 2.83. The standard InChI is InChI=1S/C19H20Cl2N2O2/c1-3-23(18(25)11-14-9-7-13(2)8-10-14)12-17(24)22-19-15(20)5-4-6-16(19)21/h4-10H,3,11-12H2,1-2H3,(H,22,24). The number of rotatable bonds is 6. The molecule has 6 heteroatoms. The van der Waals surface area contributed by atoms with E-state index in [2.05, 4.69) is 5.32 Å². The van der Waals surface area contributed by atoms with E-state index in [1.165, 1.54) is 4.90 Å². The maximum Gasteiger partial charge on any atom is 0.244 e. The second-order valence-electron chi connectivity index (χ2n) is 5.72. The minimum atomic E-state index is -0.339. The molecule has 2 rings (SSSR count). The van der Waals surface area contributed by atoms with Crippen LogP contribution in [0.5, 0.6) is 0 Å². The van der Waals surface area contributed by atoms with Gasteiger partial charge in [0.2, 0.25) is 11.8 Å². The van der Waals surface area contributed by atoms with Gasteiger partial charge in [-0.2, -0.15) is 0 Å². The first-order chi connectivity index (χ1) is 11.9. The number of halogens is 2. The van der Waals surface area contributed by atoms with Crippen molar-refractivity contribution >= 4 is 40.7 Å². The fourth-order valence-electron chi connectivity index (χ4n) is 2.34. The second kappa shape index (κ2) is 8.88. The number of amides is 2. The summed E-state index contributed by atoms with van der Waals surface area (Å²) in [7, 11) is 0. The molecule has 0 bridgehead atoms. The first-order valence-corrected chi connectivity index (χ1v) is 8.73. The number of nitrogens with zero attached hydrogens (tertiary/aromatic N) is 1. The van der Waals surface area contributed by atoms with Crippen LogP contribution in [0, 0.1) is 6.92 Å². The van der Waals surface area contributed by atoms with Gasteiger partial charge in [0.25, 0.3) is 0 Å². The molecule has 0 saturated carbocycles. The molecule has 0 atom stereocenters. The van der Waals surface area contributed by atoms with Gasteiger partial charge in [0.1, 0.15) is 0 Å². The summed E-state index contributed by atoms with van der Waals surface area (Å²) in [6, 6.07) is 12.8. The van der Waals surface area contributed by atoms with Crippen molar-refractivity contribution in [1.29, 1.82) is 0 Å². The predicted octanol–water partition coefficient (Wildman–Crippen LogP) is 4.33. The molecule has 0 unspecified atom stereocenters. The lowest BCUT2D eigenvalue weighted by Crippen LogP contribution is -2.38. The van der Waals surface area contributed by atoms with Gasteiger partial charge >= 0.3 is 0 Å². The molecular weight excluding hydrogens is 359 g/mol. The minimum Gasteiger partial charge on any atom is -0.333 e. The van der Waals surface area contributed by atoms with Gasteiger partial charge < -0.3 is 10.2 Å². The zero-order valence-electron chi connectivity index (χ0n) is 14.2. The number of carbonyl (C=O) groups excluding carboxylic acids is 2. The van der Waals surface area contributed by atoms with Crippen LogP contribution < -0.4 is 5.32 Å². The molecule has 0 saturated heterocycles. The van der Waals surface area contributed by atoms with E-state index in [0.717, 1.165) is 11.1 Å². The van der Waals surface area contributed by atoms with Gasteiger partial charge in [0.05, 0.1) is 28.7 Å². The van der Waals surface area contributed by atoms with Crippen molar-refractivity contribution in [3.8, 4) is 0 Å². The number of likely N-dealkylation sites (N-methyl/N-ethyl adjacent to an activating group) is 1. The van der Waals surface area contributed by atoms with E-state index in [1.54, 1.807) is 18.2 Å². The Kier molecular flexibility index (Phi) is 6.85. The molecule has 0 aromatic heterocycles. The SMILES string of the molecule is CCN(CC(=O)Nc1c(Cl)cccc1Cl)C(=O)Cc1ccc(C)cc1. The Bertz CT molecular complexity index is 740. The van der Waals surface area contributed by atoms with Crippen LogP contribution in [0.2, 0.25) is 10.0 Å². The number of benzene rings is 2. The molecule has 0 heterocycles. The van der Waals surface area contributed by atoms with Crippen molar-refractivity contribution in [3.63, 3.8) is 0 Å². The van der Waals surface area contributed by atoms with Crippen LogP contribution in [0.3, 0.4) is 0 Å². The smallest absolute Gasteiger partial charge is 0.244 e. The van der Waals surface area contributed by atoms with E-state index in [0.29, 0.717) is 22.3 Å². The normalized spacial score (nSPS) is 10.4. The molecule has 0 aliphatic carbocycles. The first kappa shape index (κ1) is 19.3. The van der Waals surface area contributed by atoms with Gasteiger partial charge in [-0.1, -0.05) is 59.1 Å². The van der Waals surface area contributed by atoms with Crippen LogP contribution in [0.1, 0.15) is 18.1 Å². The third-order valence-corrected chi connectivity index (χ3v) is 4.40. The summed E-state index contributed by atoms with van der Waals surface area (Å²) < 4.78 is 0. The number of hydrogen-bond donors (Lipinski definition) is 1. The molecule has 0 radical (unpaired) electrons. The van der Waals surface area contributed by atoms with Crippen molar-refractivity contribution in [1.82, 2.24) is 4.90 Å². The molecule has 0 spiro atoms. The summed E-state index contributed by atoms with van der Waals surface area (Å²) in [5, 5.41) is 3.39. The van der Waals surface area contributed by atoms with E-state index in [-0.39, 0.29) is 24.8 Å². The largest absolute Gasteiger partial charge is 0.333 e. The van der Waals surface area contributed by atoms with Crippen LogP contribution in [0.25, 0.3) is 0 Å². The van der Waals surface area contributed by atoms with E-state index in [1.807, 2.05) is 38.1 Å². The Morgan fingerprint density at radius 1 is 1.04 bits per heavy atom. The Balaban J connectivity index is 1.99. The lowest BCUT2D eigenvalue weighted by atomic mass is 10.1. The highest BCUT2D eigenvalue weighted by atomic mass is 35.5. The molecule has 132 valence electrons. The number of carbonyl (C=O) groups is 2. The molecule has 0 fully saturated rings. The summed E-state index contributed by atoms with van der Waals surface area (Å²) >= 11 is 12.1. The molecule has 25 heavy (non-hydrogen) atoms. The van der Waals surface area contributed by atoms with Crippen molar-refractivity contribution < 1.29 is 9.59 Å². The molecule has 2 amide bonds. The summed E-state index contributed by atoms with van der Waals surface area (Å²) in [5.41, 5.74) is 2.42. The maximum absolute atomic E-state index is 12.4. The fraction of sp³-hybridized carbons (Fsp3) is 0.263. The van der Waals surface area contributed by atoms with E-state index in [9.17, 15) is 9.59 Å². The first-order valence-electron chi connectivity index (χ1n) is 7.98. The Hall–Kier alpha value is -2.04. The summed E-state index contributed by atoms with van der Waals surface area (Å²) in [5.74, 6) is -0.444. The van der Waals surface area contributed by atoms with Crippen LogP contribution in [0.4, 0.5) is 5.69 Å². The number of para-hydroxylation sites is 1. The molecule has 1 N–H and O–H groups in total. The Labute approximate surface area is 157 Å². The Morgan fingerprint density at radius 3 is 2.20 bits per heavy atom. The van der Waals surface area contributed by atoms with Gasteiger partial charge in [0, 0.05) is 6.54 Å². The molecule has 4 nitrogen and oxygen atoms in total. The summed E-state index contributed by atoms with van der Waals surface area (Å²) in [6.45, 7) is 4.22. The predicted molar refractivity (Wildman–Crippen MR) is 102 cm³/mol. The van der Waals surface area contributed by atoms with Crippen molar-refractivity contribution in [2.75, 3.05) is 18.4 Å². The average molecular weight is 379 g/mol. The third-order valence-electron chi connectivity index (χ3n) is 3.77. The van der Waals surface area contributed by atoms with Gasteiger partial charge in [-0.05, 0) is 31.5 Å². The van der Waals surface area contributed by atoms with E-state index >= 15 is 0 Å². The van der Waals surface area contributed by atoms with Crippen molar-refractivity contribution in [3.05, 3.63) is 63.6 Å². The minimum absolute atomic E-state index is 0.0528. The van der Waals surface area contributed by atoms with Crippen molar-refractivity contribution in [2.24, 2.45) is 0 Å². The Morgan fingerprint density at radius 2 is 1.64 bits per heavy atom. The highest BCUT2D eigenvalue weighted by molar-refractivity contribution is 6.39. The lowest BCUT2D eigenvalue weighted by molar-refractivity contribution is -0.133. The van der Waals surface area contributed by atoms with E-state index in [4.69, 9.17) is 23.2 Å². The van der Waals surface area contributed by atoms with Crippen molar-refractivity contribution in [2.45, 2.75) is 20.3 Å². The lowest BCUT2D eigenvalue weighted by Gasteiger charge is -2.21. The molecule has 2 aromatic carbocycles. The zero-order chi connectivity index (χ0) is 18.4. The molecular formula is C19H20Cl2N2O2. The number of nitrogens with one attached hydrogen (secondary N) is 1. The van der Waals surface area contributed by atoms with Crippen LogP contribution >= 0.6 is 23.2 Å². The molecule has 0 aliphatic heterocycles. The van der Waals surface area contributed by atoms with Gasteiger partial charge in [-0.3, -0.25) is 9.59 Å². The van der Waals surface area contributed by atoms with Crippen LogP contribution in [-0.4, -0.2) is 29.8 Å². The third kappa shape index (κ3) is 5.48. The molecule has 2 aromatic rings. The topological polar surface area (TPSA) is 49.4 Å². The average Bonchev–Trinajstić information content (AvgIpc) is 2.58. The second-order valence-corrected chi connectivity index (χ2v) is 6.53. The number of hydrogen-bond acceptors (Lipinski definition) is 2. The van der Waals surface area contributed by atoms with Gasteiger partial charge in [-0.15, -0.1) is 0 Å². The zero-order valence-corrected chi connectivity index (χ0v) is 15.7. The van der Waals surface area contributed by atoms with Crippen LogP contribution in [-0.2, 0) is 16.0 Å². The summed E-state index contributed by atoms with van der Waals surface area (Å²) in [4.78, 5) is 26.2. The van der Waals surface area contributed by atoms with Crippen LogP contribution in [0.15, 0.2) is 42.5 Å². The number of anilines is 1. The number of aryl methyl sites for hydroxylation is 1. The monoisotopic (exact) mass is 378 g/mol. The van der Waals surface area contributed by atoms with Gasteiger partial charge in [0.15, 0.2) is 0 Å². The molecule has 0 aliphatic rings. The highest BCUT2D eigenvalue weighted by Crippen LogP contribution is 2.29. The van der Waals surface area contributed by atoms with E-state index < -0.39 is 0 Å². The summed E-state index contributed by atoms with van der Waals surface area (Å²) in [6.07, 6.45) is 0.258. The van der Waals surface area contributed by atoms with Gasteiger partial charge in [-0.25, -0.2) is 0 Å².